The van der Waals surface area contributed by atoms with Crippen molar-refractivity contribution in [3.05, 3.63) is 30.0 Å². The number of rotatable bonds is 3. The monoisotopic (exact) mass is 378 g/mol. The van der Waals surface area contributed by atoms with Crippen LogP contribution in [-0.2, 0) is 16.6 Å². The molecule has 2 aliphatic heterocycles. The van der Waals surface area contributed by atoms with Crippen LogP contribution < -0.4 is 0 Å². The third kappa shape index (κ3) is 2.92. The van der Waals surface area contributed by atoms with Crippen LogP contribution in [0.1, 0.15) is 41.4 Å². The smallest absolute Gasteiger partial charge is 0.271 e. The Balaban J connectivity index is 1.59. The van der Waals surface area contributed by atoms with Crippen LogP contribution >= 0.6 is 0 Å². The topological polar surface area (TPSA) is 104 Å². The molecule has 1 fully saturated rings. The van der Waals surface area contributed by atoms with E-state index in [-0.39, 0.29) is 16.9 Å². The van der Waals surface area contributed by atoms with Gasteiger partial charge >= 0.3 is 0 Å². The van der Waals surface area contributed by atoms with Gasteiger partial charge in [-0.1, -0.05) is 0 Å². The zero-order chi connectivity index (χ0) is 18.3. The van der Waals surface area contributed by atoms with Gasteiger partial charge in [0, 0.05) is 39.1 Å². The molecule has 10 heteroatoms. The fourth-order valence-electron chi connectivity index (χ4n) is 3.66. The van der Waals surface area contributed by atoms with Gasteiger partial charge < -0.3 is 9.88 Å². The molecule has 0 spiro atoms. The van der Waals surface area contributed by atoms with Gasteiger partial charge in [-0.05, 0) is 25.3 Å². The lowest BCUT2D eigenvalue weighted by Gasteiger charge is -2.30. The van der Waals surface area contributed by atoms with Crippen LogP contribution in [0.15, 0.2) is 23.6 Å². The van der Waals surface area contributed by atoms with E-state index >= 15 is 0 Å². The van der Waals surface area contributed by atoms with E-state index in [9.17, 15) is 13.2 Å². The van der Waals surface area contributed by atoms with E-state index in [0.29, 0.717) is 25.3 Å². The normalized spacial score (nSPS) is 22.3. The van der Waals surface area contributed by atoms with E-state index in [2.05, 4.69) is 15.1 Å². The number of carbonyl (C=O) groups excluding carboxylic acids is 1. The van der Waals surface area contributed by atoms with E-state index in [0.717, 1.165) is 31.5 Å². The summed E-state index contributed by atoms with van der Waals surface area (Å²) in [5, 5.41) is 4.73. The second kappa shape index (κ2) is 6.51. The zero-order valence-electron chi connectivity index (χ0n) is 14.6. The van der Waals surface area contributed by atoms with Crippen molar-refractivity contribution in [3.8, 4) is 0 Å². The van der Waals surface area contributed by atoms with E-state index in [1.165, 1.54) is 16.8 Å². The average Bonchev–Trinajstić information content (AvgIpc) is 3.29. The number of hydrogen-bond acceptors (Lipinski definition) is 5. The highest BCUT2D eigenvalue weighted by atomic mass is 32.2. The molecule has 4 heterocycles. The molecule has 2 aliphatic rings. The van der Waals surface area contributed by atoms with Crippen LogP contribution in [0, 0.1) is 0 Å². The molecule has 9 nitrogen and oxygen atoms in total. The number of hydrogen-bond donors (Lipinski definition) is 1. The summed E-state index contributed by atoms with van der Waals surface area (Å²) in [6, 6.07) is 1.83. The van der Waals surface area contributed by atoms with Crippen molar-refractivity contribution >= 4 is 15.9 Å². The molecule has 1 amide bonds. The second-order valence-electron chi connectivity index (χ2n) is 6.88. The number of aryl methyl sites for hydroxylation is 1. The number of imidazole rings is 1. The van der Waals surface area contributed by atoms with Gasteiger partial charge in [0.2, 0.25) is 0 Å². The minimum absolute atomic E-state index is 0.0148. The largest absolute Gasteiger partial charge is 0.340 e. The molecule has 1 saturated heterocycles. The van der Waals surface area contributed by atoms with Crippen LogP contribution in [0.3, 0.4) is 0 Å². The van der Waals surface area contributed by atoms with Crippen LogP contribution in [0.25, 0.3) is 0 Å². The molecule has 0 aromatic carbocycles. The van der Waals surface area contributed by atoms with Gasteiger partial charge in [0.1, 0.15) is 5.69 Å². The molecular weight excluding hydrogens is 356 g/mol. The van der Waals surface area contributed by atoms with Crippen LogP contribution in [0.5, 0.6) is 0 Å². The van der Waals surface area contributed by atoms with Crippen molar-refractivity contribution in [1.29, 1.82) is 0 Å². The molecule has 1 unspecified atom stereocenters. The van der Waals surface area contributed by atoms with Gasteiger partial charge in [-0.3, -0.25) is 9.48 Å². The van der Waals surface area contributed by atoms with E-state index < -0.39 is 10.0 Å². The van der Waals surface area contributed by atoms with Crippen molar-refractivity contribution in [1.82, 2.24) is 29.0 Å². The number of carbonyl (C=O) groups is 1. The summed E-state index contributed by atoms with van der Waals surface area (Å²) >= 11 is 0. The first kappa shape index (κ1) is 17.2. The van der Waals surface area contributed by atoms with Gasteiger partial charge in [0.05, 0.1) is 18.2 Å². The number of H-pyrrole nitrogens is 1. The number of piperidine rings is 1. The van der Waals surface area contributed by atoms with Gasteiger partial charge in [0.25, 0.3) is 15.9 Å². The average molecular weight is 378 g/mol. The summed E-state index contributed by atoms with van der Waals surface area (Å²) in [7, 11) is -1.79. The van der Waals surface area contributed by atoms with Crippen molar-refractivity contribution in [2.45, 2.75) is 36.8 Å². The molecule has 2 aromatic rings. The van der Waals surface area contributed by atoms with E-state index in [4.69, 9.17) is 0 Å². The highest BCUT2D eigenvalue weighted by Crippen LogP contribution is 2.30. The van der Waals surface area contributed by atoms with E-state index in [1.54, 1.807) is 16.6 Å². The fraction of sp³-hybridized carbons (Fsp3) is 0.562. The summed E-state index contributed by atoms with van der Waals surface area (Å²) in [5.74, 6) is -0.0435. The molecule has 1 atom stereocenters. The minimum atomic E-state index is -3.58. The van der Waals surface area contributed by atoms with E-state index in [1.807, 2.05) is 6.07 Å². The highest BCUT2D eigenvalue weighted by molar-refractivity contribution is 7.89. The number of aromatic amines is 1. The molecule has 0 aliphatic carbocycles. The quantitative estimate of drug-likeness (QED) is 0.844. The fourth-order valence-corrected chi connectivity index (χ4v) is 5.08. The lowest BCUT2D eigenvalue weighted by molar-refractivity contribution is 0.0796. The molecule has 26 heavy (non-hydrogen) atoms. The highest BCUT2D eigenvalue weighted by Gasteiger charge is 2.34. The molecule has 0 saturated carbocycles. The van der Waals surface area contributed by atoms with Crippen LogP contribution in [0.4, 0.5) is 0 Å². The van der Waals surface area contributed by atoms with Crippen molar-refractivity contribution in [3.63, 3.8) is 0 Å². The molecule has 1 N–H and O–H groups in total. The molecule has 4 rings (SSSR count). The van der Waals surface area contributed by atoms with Crippen molar-refractivity contribution in [2.24, 2.45) is 0 Å². The molecule has 0 radical (unpaired) electrons. The number of nitrogens with zero attached hydrogens (tertiary/aromatic N) is 5. The van der Waals surface area contributed by atoms with Crippen molar-refractivity contribution < 1.29 is 13.2 Å². The van der Waals surface area contributed by atoms with Crippen LogP contribution in [0.2, 0.25) is 0 Å². The summed E-state index contributed by atoms with van der Waals surface area (Å²) < 4.78 is 28.7. The van der Waals surface area contributed by atoms with Gasteiger partial charge in [-0.2, -0.15) is 9.40 Å². The Morgan fingerprint density at radius 2 is 2.08 bits per heavy atom. The first-order chi connectivity index (χ1) is 12.5. The Hall–Kier alpha value is -2.20. The number of nitrogens with one attached hydrogen (secondary N) is 1. The molecule has 140 valence electrons. The standard InChI is InChI=1S/C16H22N6O3S/c1-20-5-3-7-22-14(16(20)23)8-13(19-22)12-4-2-6-21(10-12)26(24,25)15-9-17-11-18-15/h8-9,11-12H,2-7,10H2,1H3,(H,17,18). The Kier molecular flexibility index (Phi) is 4.31. The van der Waals surface area contributed by atoms with Gasteiger partial charge in [-0.15, -0.1) is 0 Å². The maximum Gasteiger partial charge on any atom is 0.271 e. The maximum atomic E-state index is 12.7. The predicted molar refractivity (Wildman–Crippen MR) is 93.1 cm³/mol. The summed E-state index contributed by atoms with van der Waals surface area (Å²) in [6.07, 6.45) is 5.17. The number of amides is 1. The Bertz CT molecular complexity index is 905. The Morgan fingerprint density at radius 1 is 1.23 bits per heavy atom. The first-order valence-corrected chi connectivity index (χ1v) is 10.2. The Morgan fingerprint density at radius 3 is 2.85 bits per heavy atom. The number of sulfonamides is 1. The SMILES string of the molecule is CN1CCCn2nc(C3CCCN(S(=O)(=O)c4cnc[nH]4)C3)cc2C1=O. The lowest BCUT2D eigenvalue weighted by Crippen LogP contribution is -2.39. The third-order valence-corrected chi connectivity index (χ3v) is 6.91. The molecule has 2 aromatic heterocycles. The molecular formula is C16H22N6O3S. The predicted octanol–water partition coefficient (Wildman–Crippen LogP) is 0.650. The third-order valence-electron chi connectivity index (χ3n) is 5.12. The zero-order valence-corrected chi connectivity index (χ0v) is 15.4. The summed E-state index contributed by atoms with van der Waals surface area (Å²) in [5.41, 5.74) is 1.39. The number of aromatic nitrogens is 4. The van der Waals surface area contributed by atoms with Gasteiger partial charge in [0.15, 0.2) is 5.03 Å². The summed E-state index contributed by atoms with van der Waals surface area (Å²) in [4.78, 5) is 20.7. The van der Waals surface area contributed by atoms with Crippen molar-refractivity contribution in [2.75, 3.05) is 26.7 Å². The maximum absolute atomic E-state index is 12.7. The lowest BCUT2D eigenvalue weighted by atomic mass is 9.96. The first-order valence-electron chi connectivity index (χ1n) is 8.78. The number of fused-ring (bicyclic) bond motifs is 1. The molecule has 0 bridgehead atoms. The second-order valence-corrected chi connectivity index (χ2v) is 8.78. The summed E-state index contributed by atoms with van der Waals surface area (Å²) in [6.45, 7) is 2.26. The minimum Gasteiger partial charge on any atom is -0.340 e. The van der Waals surface area contributed by atoms with Crippen LogP contribution in [-0.4, -0.2) is 70.0 Å². The van der Waals surface area contributed by atoms with Gasteiger partial charge in [-0.25, -0.2) is 13.4 Å². The Labute approximate surface area is 152 Å².